The Kier molecular flexibility index (Phi) is 8.17. The van der Waals surface area contributed by atoms with Gasteiger partial charge in [-0.3, -0.25) is 4.79 Å². The van der Waals surface area contributed by atoms with Crippen LogP contribution in [-0.2, 0) is 9.47 Å². The Hall–Kier alpha value is 0.0500. The quantitative estimate of drug-likeness (QED) is 0.612. The van der Waals surface area contributed by atoms with E-state index in [9.17, 15) is 4.79 Å². The fraction of sp³-hybridized carbons (Fsp3) is 0.583. The third kappa shape index (κ3) is 5.51. The molecule has 0 radical (unpaired) electrons. The largest absolute Gasteiger partial charge is 0.385 e. The number of rotatable bonds is 8. The molecule has 0 saturated carbocycles. The van der Waals surface area contributed by atoms with Crippen LogP contribution in [-0.4, -0.2) is 51.3 Å². The lowest BCUT2D eigenvalue weighted by atomic mass is 10.3. The first-order valence-corrected chi connectivity index (χ1v) is 8.22. The second kappa shape index (κ2) is 9.07. The molecule has 0 aliphatic rings. The molecule has 19 heavy (non-hydrogen) atoms. The molecule has 0 bridgehead atoms. The van der Waals surface area contributed by atoms with Crippen molar-refractivity contribution in [3.63, 3.8) is 0 Å². The number of halogens is 2. The molecule has 0 N–H and O–H groups in total. The molecule has 0 aromatic carbocycles. The van der Waals surface area contributed by atoms with E-state index in [0.29, 0.717) is 31.2 Å². The Morgan fingerprint density at radius 1 is 1.26 bits per heavy atom. The molecule has 7 heteroatoms. The normalized spacial score (nSPS) is 10.7. The summed E-state index contributed by atoms with van der Waals surface area (Å²) in [5.74, 6) is 0.0320. The maximum absolute atomic E-state index is 12.4. The molecule has 1 aromatic rings. The molecule has 0 atom stereocenters. The molecule has 0 spiro atoms. The van der Waals surface area contributed by atoms with Crippen molar-refractivity contribution >= 4 is 49.1 Å². The van der Waals surface area contributed by atoms with Gasteiger partial charge < -0.3 is 14.4 Å². The standard InChI is InChI=1S/C12H17Br2NO3S/c1-17-6-3-4-15(5-7-18-2)12(16)10-8-9(13)11(14)19-10/h8H,3-7H2,1-2H3. The summed E-state index contributed by atoms with van der Waals surface area (Å²) in [6.07, 6.45) is 0.819. The smallest absolute Gasteiger partial charge is 0.264 e. The zero-order valence-corrected chi connectivity index (χ0v) is 14.9. The van der Waals surface area contributed by atoms with Gasteiger partial charge in [0.05, 0.1) is 15.3 Å². The minimum atomic E-state index is 0.0320. The van der Waals surface area contributed by atoms with Crippen LogP contribution in [0.3, 0.4) is 0 Å². The predicted octanol–water partition coefficient (Wildman–Crippen LogP) is 3.40. The zero-order chi connectivity index (χ0) is 14.3. The summed E-state index contributed by atoms with van der Waals surface area (Å²) < 4.78 is 11.9. The van der Waals surface area contributed by atoms with E-state index in [1.165, 1.54) is 11.3 Å². The van der Waals surface area contributed by atoms with Crippen molar-refractivity contribution in [1.29, 1.82) is 0 Å². The van der Waals surface area contributed by atoms with Gasteiger partial charge in [-0.15, -0.1) is 11.3 Å². The van der Waals surface area contributed by atoms with Crippen molar-refractivity contribution in [2.45, 2.75) is 6.42 Å². The SMILES string of the molecule is COCCCN(CCOC)C(=O)c1cc(Br)c(Br)s1. The number of hydrogen-bond acceptors (Lipinski definition) is 4. The molecular weight excluding hydrogens is 398 g/mol. The predicted molar refractivity (Wildman–Crippen MR) is 84.0 cm³/mol. The summed E-state index contributed by atoms with van der Waals surface area (Å²) in [7, 11) is 3.30. The Morgan fingerprint density at radius 3 is 2.47 bits per heavy atom. The van der Waals surface area contributed by atoms with E-state index in [1.807, 2.05) is 6.07 Å². The third-order valence-electron chi connectivity index (χ3n) is 2.48. The Balaban J connectivity index is 2.69. The summed E-state index contributed by atoms with van der Waals surface area (Å²) in [5, 5.41) is 0. The third-order valence-corrected chi connectivity index (χ3v) is 5.73. The molecule has 0 aliphatic heterocycles. The van der Waals surface area contributed by atoms with E-state index in [4.69, 9.17) is 9.47 Å². The number of nitrogens with zero attached hydrogens (tertiary/aromatic N) is 1. The summed E-state index contributed by atoms with van der Waals surface area (Å²) in [6.45, 7) is 2.44. The second-order valence-electron chi connectivity index (χ2n) is 3.86. The Bertz CT molecular complexity index is 392. The fourth-order valence-corrected chi connectivity index (χ4v) is 3.53. The lowest BCUT2D eigenvalue weighted by molar-refractivity contribution is 0.0679. The number of methoxy groups -OCH3 is 2. The van der Waals surface area contributed by atoms with Crippen molar-refractivity contribution in [1.82, 2.24) is 4.90 Å². The minimum Gasteiger partial charge on any atom is -0.385 e. The van der Waals surface area contributed by atoms with Crippen LogP contribution in [0.1, 0.15) is 16.1 Å². The van der Waals surface area contributed by atoms with Gasteiger partial charge in [0.15, 0.2) is 0 Å². The van der Waals surface area contributed by atoms with E-state index in [2.05, 4.69) is 31.9 Å². The van der Waals surface area contributed by atoms with Crippen LogP contribution in [0, 0.1) is 0 Å². The first-order chi connectivity index (χ1) is 9.10. The highest BCUT2D eigenvalue weighted by molar-refractivity contribution is 9.13. The van der Waals surface area contributed by atoms with E-state index < -0.39 is 0 Å². The average molecular weight is 415 g/mol. The molecule has 0 aliphatic carbocycles. The first kappa shape index (κ1) is 17.1. The second-order valence-corrected chi connectivity index (χ2v) is 7.09. The lowest BCUT2D eigenvalue weighted by Crippen LogP contribution is -2.34. The number of thiophene rings is 1. The molecule has 0 fully saturated rings. The van der Waals surface area contributed by atoms with Crippen LogP contribution in [0.15, 0.2) is 14.3 Å². The molecule has 1 aromatic heterocycles. The summed E-state index contributed by atoms with van der Waals surface area (Å²) in [5.41, 5.74) is 0. The van der Waals surface area contributed by atoms with Gasteiger partial charge in [0.25, 0.3) is 5.91 Å². The van der Waals surface area contributed by atoms with Crippen molar-refractivity contribution in [2.75, 3.05) is 40.5 Å². The Morgan fingerprint density at radius 2 is 1.95 bits per heavy atom. The zero-order valence-electron chi connectivity index (χ0n) is 10.9. The van der Waals surface area contributed by atoms with Crippen molar-refractivity contribution in [3.05, 3.63) is 19.2 Å². The van der Waals surface area contributed by atoms with Crippen molar-refractivity contribution in [2.24, 2.45) is 0 Å². The molecular formula is C12H17Br2NO3S. The molecule has 1 amide bonds. The van der Waals surface area contributed by atoms with E-state index in [1.54, 1.807) is 19.1 Å². The van der Waals surface area contributed by atoms with Gasteiger partial charge >= 0.3 is 0 Å². The van der Waals surface area contributed by atoms with Gasteiger partial charge in [0.2, 0.25) is 0 Å². The summed E-state index contributed by atoms with van der Waals surface area (Å²) in [6, 6.07) is 1.84. The number of hydrogen-bond donors (Lipinski definition) is 0. The van der Waals surface area contributed by atoms with Crippen LogP contribution in [0.2, 0.25) is 0 Å². The van der Waals surface area contributed by atoms with Gasteiger partial charge in [-0.2, -0.15) is 0 Å². The van der Waals surface area contributed by atoms with Crippen LogP contribution in [0.5, 0.6) is 0 Å². The van der Waals surface area contributed by atoms with Crippen LogP contribution in [0.4, 0.5) is 0 Å². The molecule has 4 nitrogen and oxygen atoms in total. The fourth-order valence-electron chi connectivity index (χ4n) is 1.52. The van der Waals surface area contributed by atoms with Gasteiger partial charge in [-0.25, -0.2) is 0 Å². The highest BCUT2D eigenvalue weighted by Crippen LogP contribution is 2.33. The maximum atomic E-state index is 12.4. The van der Waals surface area contributed by atoms with E-state index >= 15 is 0 Å². The molecule has 1 heterocycles. The maximum Gasteiger partial charge on any atom is 0.264 e. The van der Waals surface area contributed by atoms with Crippen molar-refractivity contribution in [3.8, 4) is 0 Å². The number of amides is 1. The van der Waals surface area contributed by atoms with Crippen LogP contribution < -0.4 is 0 Å². The van der Waals surface area contributed by atoms with Gasteiger partial charge in [-0.1, -0.05) is 0 Å². The van der Waals surface area contributed by atoms with Crippen LogP contribution in [0.25, 0.3) is 0 Å². The average Bonchev–Trinajstić information content (AvgIpc) is 2.73. The molecule has 0 saturated heterocycles. The van der Waals surface area contributed by atoms with Gasteiger partial charge in [0.1, 0.15) is 0 Å². The van der Waals surface area contributed by atoms with E-state index in [0.717, 1.165) is 14.7 Å². The van der Waals surface area contributed by atoms with Gasteiger partial charge in [-0.05, 0) is 44.3 Å². The topological polar surface area (TPSA) is 38.8 Å². The minimum absolute atomic E-state index is 0.0320. The number of carbonyl (C=O) groups is 1. The lowest BCUT2D eigenvalue weighted by Gasteiger charge is -2.21. The van der Waals surface area contributed by atoms with Gasteiger partial charge in [0, 0.05) is 38.4 Å². The summed E-state index contributed by atoms with van der Waals surface area (Å²) >= 11 is 8.23. The highest BCUT2D eigenvalue weighted by Gasteiger charge is 2.18. The number of carbonyl (C=O) groups excluding carboxylic acids is 1. The molecule has 0 unspecified atom stereocenters. The monoisotopic (exact) mass is 413 g/mol. The first-order valence-electron chi connectivity index (χ1n) is 5.82. The molecule has 108 valence electrons. The summed E-state index contributed by atoms with van der Waals surface area (Å²) in [4.78, 5) is 14.9. The van der Waals surface area contributed by atoms with E-state index in [-0.39, 0.29) is 5.91 Å². The van der Waals surface area contributed by atoms with Crippen LogP contribution >= 0.6 is 43.2 Å². The number of ether oxygens (including phenoxy) is 2. The van der Waals surface area contributed by atoms with Crippen molar-refractivity contribution < 1.29 is 14.3 Å². The Labute approximate surface area is 134 Å². The highest BCUT2D eigenvalue weighted by atomic mass is 79.9. The molecule has 1 rings (SSSR count).